The second-order valence-corrected chi connectivity index (χ2v) is 6.43. The highest BCUT2D eigenvalue weighted by molar-refractivity contribution is 5.82. The molecule has 6 heteroatoms. The fraction of sp³-hybridized carbons (Fsp3) is 0.786. The zero-order valence-electron chi connectivity index (χ0n) is 13.3. The topological polar surface area (TPSA) is 66.5 Å². The maximum Gasteiger partial charge on any atom is 0.248 e. The Kier molecular flexibility index (Phi) is 3.75. The van der Waals surface area contributed by atoms with Crippen molar-refractivity contribution in [3.63, 3.8) is 0 Å². The number of nitrogens with one attached hydrogen (secondary N) is 1. The summed E-state index contributed by atoms with van der Waals surface area (Å²) in [5.41, 5.74) is 0.364. The fourth-order valence-corrected chi connectivity index (χ4v) is 2.34. The molecular weight excluding hydrogens is 254 g/mol. The highest BCUT2D eigenvalue weighted by Gasteiger charge is 2.53. The number of guanidine groups is 1. The lowest BCUT2D eigenvalue weighted by molar-refractivity contribution is -0.0668. The minimum absolute atomic E-state index is 0.0821. The van der Waals surface area contributed by atoms with E-state index in [0.717, 1.165) is 19.0 Å². The van der Waals surface area contributed by atoms with Crippen LogP contribution in [0.2, 0.25) is 0 Å². The van der Waals surface area contributed by atoms with E-state index < -0.39 is 0 Å². The molecule has 0 atom stereocenters. The number of hydrogen-bond acceptors (Lipinski definition) is 4. The SMILES string of the molecule is CCNC(=NCc1nc(C)no1)N1CC(C)(C)C1(C)C. The van der Waals surface area contributed by atoms with E-state index in [1.165, 1.54) is 0 Å². The zero-order valence-corrected chi connectivity index (χ0v) is 13.3. The third-order valence-electron chi connectivity index (χ3n) is 4.41. The van der Waals surface area contributed by atoms with Gasteiger partial charge in [-0.3, -0.25) is 0 Å². The number of aryl methyl sites for hydroxylation is 1. The van der Waals surface area contributed by atoms with Gasteiger partial charge < -0.3 is 14.7 Å². The molecule has 1 aromatic heterocycles. The summed E-state index contributed by atoms with van der Waals surface area (Å²) in [7, 11) is 0. The Morgan fingerprint density at radius 3 is 2.55 bits per heavy atom. The molecule has 1 N–H and O–H groups in total. The van der Waals surface area contributed by atoms with Gasteiger partial charge >= 0.3 is 0 Å². The molecule has 0 spiro atoms. The molecule has 2 heterocycles. The van der Waals surface area contributed by atoms with Gasteiger partial charge in [-0.15, -0.1) is 0 Å². The molecule has 112 valence electrons. The maximum absolute atomic E-state index is 5.10. The molecule has 1 fully saturated rings. The Morgan fingerprint density at radius 2 is 2.10 bits per heavy atom. The molecule has 0 bridgehead atoms. The first-order valence-corrected chi connectivity index (χ1v) is 7.13. The Hall–Kier alpha value is -1.59. The Morgan fingerprint density at radius 1 is 1.40 bits per heavy atom. The van der Waals surface area contributed by atoms with Crippen LogP contribution >= 0.6 is 0 Å². The van der Waals surface area contributed by atoms with Crippen molar-refractivity contribution in [3.05, 3.63) is 11.7 Å². The molecule has 0 radical (unpaired) electrons. The molecule has 0 aliphatic carbocycles. The molecule has 1 aliphatic heterocycles. The molecule has 1 aliphatic rings. The molecule has 6 nitrogen and oxygen atoms in total. The average Bonchev–Trinajstić information content (AvgIpc) is 2.78. The Labute approximate surface area is 120 Å². The quantitative estimate of drug-likeness (QED) is 0.677. The first-order valence-electron chi connectivity index (χ1n) is 7.13. The zero-order chi connectivity index (χ0) is 15.0. The normalized spacial score (nSPS) is 20.7. The highest BCUT2D eigenvalue weighted by Crippen LogP contribution is 2.46. The molecule has 2 rings (SSSR count). The molecule has 0 amide bonds. The second kappa shape index (κ2) is 5.07. The van der Waals surface area contributed by atoms with E-state index in [2.05, 4.69) is 60.0 Å². The number of rotatable bonds is 3. The van der Waals surface area contributed by atoms with E-state index in [-0.39, 0.29) is 11.0 Å². The van der Waals surface area contributed by atoms with Crippen molar-refractivity contribution in [1.29, 1.82) is 0 Å². The van der Waals surface area contributed by atoms with Crippen molar-refractivity contribution >= 4 is 5.96 Å². The summed E-state index contributed by atoms with van der Waals surface area (Å²) < 4.78 is 5.10. The predicted octanol–water partition coefficient (Wildman–Crippen LogP) is 1.96. The van der Waals surface area contributed by atoms with Gasteiger partial charge in [0.05, 0.1) is 0 Å². The molecule has 0 aromatic carbocycles. The van der Waals surface area contributed by atoms with Crippen LogP contribution in [0.4, 0.5) is 0 Å². The maximum atomic E-state index is 5.10. The predicted molar refractivity (Wildman–Crippen MR) is 78.4 cm³/mol. The fourth-order valence-electron chi connectivity index (χ4n) is 2.34. The van der Waals surface area contributed by atoms with Crippen molar-refractivity contribution < 1.29 is 4.52 Å². The van der Waals surface area contributed by atoms with Crippen molar-refractivity contribution in [2.45, 2.75) is 53.6 Å². The van der Waals surface area contributed by atoms with Crippen LogP contribution in [0.15, 0.2) is 9.52 Å². The van der Waals surface area contributed by atoms with Crippen LogP contribution in [0.1, 0.15) is 46.3 Å². The van der Waals surface area contributed by atoms with Gasteiger partial charge in [-0.1, -0.05) is 19.0 Å². The molecule has 1 aromatic rings. The summed E-state index contributed by atoms with van der Waals surface area (Å²) in [6.07, 6.45) is 0. The summed E-state index contributed by atoms with van der Waals surface area (Å²) in [6.45, 7) is 15.2. The summed E-state index contributed by atoms with van der Waals surface area (Å²) in [5, 5.41) is 7.12. The van der Waals surface area contributed by atoms with Crippen LogP contribution in [-0.2, 0) is 6.54 Å². The number of likely N-dealkylation sites (tertiary alicyclic amines) is 1. The third-order valence-corrected chi connectivity index (χ3v) is 4.41. The van der Waals surface area contributed by atoms with Crippen LogP contribution in [-0.4, -0.2) is 39.6 Å². The largest absolute Gasteiger partial charge is 0.356 e. The average molecular weight is 279 g/mol. The Bertz CT molecular complexity index is 503. The standard InChI is InChI=1S/C14H25N5O/c1-7-15-12(16-8-11-17-10(2)18-20-11)19-9-13(3,4)14(19,5)6/h7-9H2,1-6H3,(H,15,16). The highest BCUT2D eigenvalue weighted by atomic mass is 16.5. The van der Waals surface area contributed by atoms with Gasteiger partial charge in [0.25, 0.3) is 0 Å². The van der Waals surface area contributed by atoms with Crippen LogP contribution < -0.4 is 5.32 Å². The van der Waals surface area contributed by atoms with E-state index in [0.29, 0.717) is 18.3 Å². The van der Waals surface area contributed by atoms with Gasteiger partial charge in [-0.05, 0) is 27.7 Å². The van der Waals surface area contributed by atoms with Gasteiger partial charge in [-0.2, -0.15) is 4.98 Å². The summed E-state index contributed by atoms with van der Waals surface area (Å²) in [6, 6.07) is 0. The minimum Gasteiger partial charge on any atom is -0.356 e. The second-order valence-electron chi connectivity index (χ2n) is 6.43. The van der Waals surface area contributed by atoms with Crippen LogP contribution in [0.3, 0.4) is 0 Å². The number of hydrogen-bond donors (Lipinski definition) is 1. The lowest BCUT2D eigenvalue weighted by atomic mass is 9.65. The number of aromatic nitrogens is 2. The Balaban J connectivity index is 2.12. The van der Waals surface area contributed by atoms with Gasteiger partial charge in [0.1, 0.15) is 6.54 Å². The van der Waals surface area contributed by atoms with Gasteiger partial charge in [0, 0.05) is 24.0 Å². The summed E-state index contributed by atoms with van der Waals surface area (Å²) in [5.74, 6) is 2.11. The van der Waals surface area contributed by atoms with Crippen LogP contribution in [0.25, 0.3) is 0 Å². The van der Waals surface area contributed by atoms with E-state index >= 15 is 0 Å². The first kappa shape index (κ1) is 14.8. The van der Waals surface area contributed by atoms with Crippen molar-refractivity contribution in [2.24, 2.45) is 10.4 Å². The summed E-state index contributed by atoms with van der Waals surface area (Å²) in [4.78, 5) is 11.1. The summed E-state index contributed by atoms with van der Waals surface area (Å²) >= 11 is 0. The van der Waals surface area contributed by atoms with Crippen molar-refractivity contribution in [3.8, 4) is 0 Å². The van der Waals surface area contributed by atoms with E-state index in [1.54, 1.807) is 0 Å². The van der Waals surface area contributed by atoms with Crippen molar-refractivity contribution in [1.82, 2.24) is 20.4 Å². The number of aliphatic imine (C=N–C) groups is 1. The van der Waals surface area contributed by atoms with Gasteiger partial charge in [0.15, 0.2) is 11.8 Å². The smallest absolute Gasteiger partial charge is 0.248 e. The molecule has 0 saturated carbocycles. The van der Waals surface area contributed by atoms with E-state index in [1.807, 2.05) is 6.92 Å². The number of nitrogens with zero attached hydrogens (tertiary/aromatic N) is 4. The third kappa shape index (κ3) is 2.51. The van der Waals surface area contributed by atoms with Crippen LogP contribution in [0.5, 0.6) is 0 Å². The van der Waals surface area contributed by atoms with Gasteiger partial charge in [0.2, 0.25) is 5.89 Å². The first-order chi connectivity index (χ1) is 9.28. The van der Waals surface area contributed by atoms with Crippen molar-refractivity contribution in [2.75, 3.05) is 13.1 Å². The van der Waals surface area contributed by atoms with E-state index in [9.17, 15) is 0 Å². The van der Waals surface area contributed by atoms with E-state index in [4.69, 9.17) is 4.52 Å². The van der Waals surface area contributed by atoms with Gasteiger partial charge in [-0.25, -0.2) is 4.99 Å². The minimum atomic E-state index is 0.0821. The molecular formula is C14H25N5O. The molecule has 1 saturated heterocycles. The molecule has 0 unspecified atom stereocenters. The lowest BCUT2D eigenvalue weighted by Crippen LogP contribution is -2.72. The monoisotopic (exact) mass is 279 g/mol. The van der Waals surface area contributed by atoms with Crippen LogP contribution in [0, 0.1) is 12.3 Å². The lowest BCUT2D eigenvalue weighted by Gasteiger charge is -2.62. The molecule has 20 heavy (non-hydrogen) atoms.